The molecule has 2 amide bonds. The number of nitrogens with two attached hydrogens (primary N) is 1. The third-order valence-electron chi connectivity index (χ3n) is 7.29. The molecule has 2 aromatic heterocycles. The number of aromatic nitrogens is 2. The van der Waals surface area contributed by atoms with E-state index in [2.05, 4.69) is 30.4 Å². The number of carboxylic acid groups (broad SMARTS) is 1. The minimum absolute atomic E-state index is 0.0321. The van der Waals surface area contributed by atoms with Crippen LogP contribution in [0.4, 0.5) is 24.1 Å². The van der Waals surface area contributed by atoms with Gasteiger partial charge in [0.05, 0.1) is 11.1 Å². The molecule has 2 saturated heterocycles. The number of carboxylic acids is 1. The number of thiazole rings is 1. The lowest BCUT2D eigenvalue weighted by molar-refractivity contribution is -0.218. The molecule has 51 heavy (non-hydrogen) atoms. The highest BCUT2D eigenvalue weighted by Gasteiger charge is 2.58. The van der Waals surface area contributed by atoms with Gasteiger partial charge >= 0.3 is 22.5 Å². The largest absolute Gasteiger partial charge is 0.490 e. The number of benzene rings is 1. The van der Waals surface area contributed by atoms with E-state index in [4.69, 9.17) is 34.7 Å². The summed E-state index contributed by atoms with van der Waals surface area (Å²) in [5.41, 5.74) is 5.08. The molecule has 2 aliphatic rings. The van der Waals surface area contributed by atoms with Gasteiger partial charge in [-0.15, -0.1) is 15.6 Å². The number of pyridine rings is 1. The molecule has 5 rings (SSSR count). The molecule has 0 radical (unpaired) electrons. The maximum Gasteiger partial charge on any atom is 0.490 e. The number of nitrogen functional groups attached to an aromatic ring is 1. The van der Waals surface area contributed by atoms with E-state index in [1.54, 1.807) is 6.07 Å². The van der Waals surface area contributed by atoms with Gasteiger partial charge in [0.25, 0.3) is 11.8 Å². The Labute approximate surface area is 292 Å². The molecule has 278 valence electrons. The molecule has 2 fully saturated rings. The van der Waals surface area contributed by atoms with Crippen molar-refractivity contribution in [2.24, 2.45) is 5.16 Å². The number of β-lactam (4-membered cyclic amide) rings is 1. The number of anilines is 2. The van der Waals surface area contributed by atoms with Crippen LogP contribution < -0.4 is 26.4 Å². The molecular weight excluding hydrogens is 729 g/mol. The summed E-state index contributed by atoms with van der Waals surface area (Å²) in [6.45, 7) is 4.92. The van der Waals surface area contributed by atoms with Gasteiger partial charge < -0.3 is 36.4 Å². The topological polar surface area (TPSA) is 257 Å². The summed E-state index contributed by atoms with van der Waals surface area (Å²) in [6, 6.07) is 8.67. The van der Waals surface area contributed by atoms with E-state index in [0.29, 0.717) is 16.9 Å². The summed E-state index contributed by atoms with van der Waals surface area (Å²) in [6.07, 6.45) is -2.98. The standard InChI is InChI=1S/C26H32N8O8S2.C2HF3O2/c1-26(2)22(24(36)34(26)42-44(37,38)39)32-23(35)21(19-14-43-25(27)31-19)33-41-12-11-40-17-4-5-18-15(13-17)3-6-20(30-18)29-16-7-9-28-10-8-16;3-2(4,5)1(6)7/h3-6,13-14,16,22,28H,7-12H2,1-2H3,(H2,27,31)(H,29,30)(H,32,35)(H,37,38,39);(H,6,7)/b33-21-;/t22-;/m1./s1. The van der Waals surface area contributed by atoms with Crippen LogP contribution in [-0.2, 0) is 33.9 Å². The fraction of sp³-hybridized carbons (Fsp3) is 0.429. The van der Waals surface area contributed by atoms with Crippen molar-refractivity contribution in [3.05, 3.63) is 41.4 Å². The second-order valence-electron chi connectivity index (χ2n) is 11.4. The summed E-state index contributed by atoms with van der Waals surface area (Å²) >= 11 is 1.07. The smallest absolute Gasteiger partial charge is 0.490 e. The number of nitrogens with one attached hydrogen (secondary N) is 3. The zero-order valence-corrected chi connectivity index (χ0v) is 28.5. The Morgan fingerprint density at radius 2 is 1.86 bits per heavy atom. The minimum atomic E-state index is -5.08. The Hall–Kier alpha value is -4.84. The van der Waals surface area contributed by atoms with E-state index >= 15 is 0 Å². The number of nitrogens with zero attached hydrogens (tertiary/aromatic N) is 4. The van der Waals surface area contributed by atoms with E-state index in [1.165, 1.54) is 19.2 Å². The lowest BCUT2D eigenvalue weighted by Gasteiger charge is -2.50. The van der Waals surface area contributed by atoms with Crippen LogP contribution in [0.5, 0.6) is 5.75 Å². The highest BCUT2D eigenvalue weighted by atomic mass is 32.3. The molecule has 0 spiro atoms. The Balaban J connectivity index is 0.000000755. The summed E-state index contributed by atoms with van der Waals surface area (Å²) in [5.74, 6) is -3.05. The molecule has 0 saturated carbocycles. The van der Waals surface area contributed by atoms with Gasteiger partial charge in [0, 0.05) is 16.8 Å². The first-order chi connectivity index (χ1) is 23.8. The molecule has 23 heteroatoms. The molecule has 18 nitrogen and oxygen atoms in total. The van der Waals surface area contributed by atoms with Crippen LogP contribution >= 0.6 is 11.3 Å². The van der Waals surface area contributed by atoms with Crippen molar-refractivity contribution in [3.8, 4) is 5.75 Å². The predicted octanol–water partition coefficient (Wildman–Crippen LogP) is 1.71. The summed E-state index contributed by atoms with van der Waals surface area (Å²) in [4.78, 5) is 48.6. The highest BCUT2D eigenvalue weighted by Crippen LogP contribution is 2.33. The monoisotopic (exact) mass is 762 g/mol. The maximum absolute atomic E-state index is 13.1. The van der Waals surface area contributed by atoms with Crippen LogP contribution in [0.25, 0.3) is 10.9 Å². The zero-order valence-electron chi connectivity index (χ0n) is 26.8. The van der Waals surface area contributed by atoms with E-state index < -0.39 is 45.9 Å². The van der Waals surface area contributed by atoms with Gasteiger partial charge in [-0.1, -0.05) is 5.16 Å². The number of carbonyl (C=O) groups is 3. The van der Waals surface area contributed by atoms with Crippen LogP contribution in [-0.4, -0.2) is 107 Å². The summed E-state index contributed by atoms with van der Waals surface area (Å²) in [7, 11) is -4.95. The second kappa shape index (κ2) is 16.0. The van der Waals surface area contributed by atoms with E-state index in [1.807, 2.05) is 24.3 Å². The van der Waals surface area contributed by atoms with Crippen molar-refractivity contribution in [1.82, 2.24) is 25.7 Å². The maximum atomic E-state index is 13.1. The summed E-state index contributed by atoms with van der Waals surface area (Å²) < 4.78 is 72.9. The molecule has 0 aliphatic carbocycles. The molecule has 0 unspecified atom stereocenters. The number of aliphatic carboxylic acids is 1. The molecule has 3 aromatic rings. The molecule has 4 heterocycles. The van der Waals surface area contributed by atoms with Crippen LogP contribution in [0.1, 0.15) is 32.4 Å². The molecule has 0 bridgehead atoms. The second-order valence-corrected chi connectivity index (χ2v) is 13.3. The van der Waals surface area contributed by atoms with E-state index in [-0.39, 0.29) is 29.8 Å². The third-order valence-corrected chi connectivity index (χ3v) is 8.31. The van der Waals surface area contributed by atoms with Gasteiger partial charge in [-0.3, -0.25) is 14.1 Å². The number of ether oxygens (including phenoxy) is 1. The number of halogens is 3. The summed E-state index contributed by atoms with van der Waals surface area (Å²) in [5, 5.41) is 23.4. The zero-order chi connectivity index (χ0) is 37.6. The first kappa shape index (κ1) is 39.0. The van der Waals surface area contributed by atoms with Crippen molar-refractivity contribution < 1.29 is 59.5 Å². The fourth-order valence-corrected chi connectivity index (χ4v) is 5.78. The lowest BCUT2D eigenvalue weighted by Crippen LogP contribution is -2.76. The number of hydroxylamine groups is 2. The third kappa shape index (κ3) is 10.6. The first-order valence-electron chi connectivity index (χ1n) is 14.9. The van der Waals surface area contributed by atoms with Crippen LogP contribution in [0.3, 0.4) is 0 Å². The number of amides is 2. The average Bonchev–Trinajstić information content (AvgIpc) is 3.49. The normalized spacial score (nSPS) is 17.9. The van der Waals surface area contributed by atoms with E-state index in [9.17, 15) is 31.2 Å². The van der Waals surface area contributed by atoms with E-state index in [0.717, 1.165) is 54.0 Å². The minimum Gasteiger partial charge on any atom is -0.490 e. The van der Waals surface area contributed by atoms with Gasteiger partial charge in [-0.05, 0) is 70.1 Å². The van der Waals surface area contributed by atoms with Crippen LogP contribution in [0, 0.1) is 0 Å². The molecular formula is C28H33F3N8O10S2. The van der Waals surface area contributed by atoms with Crippen molar-refractivity contribution >= 4 is 67.1 Å². The number of hydrogen-bond donors (Lipinski definition) is 6. The number of rotatable bonds is 12. The van der Waals surface area contributed by atoms with Gasteiger partial charge in [0.2, 0.25) is 0 Å². The van der Waals surface area contributed by atoms with Gasteiger partial charge in [0.15, 0.2) is 17.5 Å². The predicted molar refractivity (Wildman–Crippen MR) is 175 cm³/mol. The Morgan fingerprint density at radius 3 is 2.45 bits per heavy atom. The van der Waals surface area contributed by atoms with Crippen molar-refractivity contribution in [3.63, 3.8) is 0 Å². The molecule has 7 N–H and O–H groups in total. The number of hydrogen-bond acceptors (Lipinski definition) is 15. The van der Waals surface area contributed by atoms with Crippen molar-refractivity contribution in [1.29, 1.82) is 0 Å². The van der Waals surface area contributed by atoms with Crippen LogP contribution in [0.15, 0.2) is 40.9 Å². The Bertz CT molecular complexity index is 1890. The van der Waals surface area contributed by atoms with Crippen molar-refractivity contribution in [2.75, 3.05) is 37.4 Å². The quantitative estimate of drug-likeness (QED) is 0.0505. The number of alkyl halides is 3. The van der Waals surface area contributed by atoms with Crippen molar-refractivity contribution in [2.45, 2.75) is 50.5 Å². The highest BCUT2D eigenvalue weighted by molar-refractivity contribution is 7.80. The van der Waals surface area contributed by atoms with Gasteiger partial charge in [-0.2, -0.15) is 26.7 Å². The Morgan fingerprint density at radius 1 is 1.18 bits per heavy atom. The van der Waals surface area contributed by atoms with Gasteiger partial charge in [-0.25, -0.2) is 14.8 Å². The number of piperidine rings is 1. The molecule has 1 aromatic carbocycles. The average molecular weight is 763 g/mol. The Kier molecular flexibility index (Phi) is 12.2. The first-order valence-corrected chi connectivity index (χ1v) is 17.1. The SMILES string of the molecule is CC1(C)[C@H](NC(=O)/C(=N\OCCOc2ccc3nc(NC4CCNCC4)ccc3c2)c2csc(N)n2)C(=O)N1OS(=O)(=O)O.O=C(O)C(F)(F)F. The number of fused-ring (bicyclic) bond motifs is 1. The number of carbonyl (C=O) groups excluding carboxylic acids is 2. The fourth-order valence-electron chi connectivity index (χ4n) is 4.78. The van der Waals surface area contributed by atoms with Crippen LogP contribution in [0.2, 0.25) is 0 Å². The molecule has 2 aliphatic heterocycles. The molecule has 1 atom stereocenters. The lowest BCUT2D eigenvalue weighted by atomic mass is 9.84. The van der Waals surface area contributed by atoms with Gasteiger partial charge in [0.1, 0.15) is 29.9 Å². The number of oxime groups is 1.